The van der Waals surface area contributed by atoms with Crippen LogP contribution < -0.4 is 5.73 Å². The van der Waals surface area contributed by atoms with Crippen molar-refractivity contribution in [2.75, 3.05) is 20.3 Å². The lowest BCUT2D eigenvalue weighted by Crippen LogP contribution is -2.45. The molecule has 0 aromatic heterocycles. The van der Waals surface area contributed by atoms with E-state index in [4.69, 9.17) is 10.5 Å². The van der Waals surface area contributed by atoms with Gasteiger partial charge < -0.3 is 15.4 Å². The molecular formula is C11H22N2O2. The van der Waals surface area contributed by atoms with Crippen molar-refractivity contribution in [1.82, 2.24) is 4.90 Å². The van der Waals surface area contributed by atoms with Crippen LogP contribution in [-0.2, 0) is 9.53 Å². The Morgan fingerprint density at radius 1 is 1.47 bits per heavy atom. The van der Waals surface area contributed by atoms with Crippen molar-refractivity contribution in [3.8, 4) is 0 Å². The molecule has 2 N–H and O–H groups in total. The van der Waals surface area contributed by atoms with Crippen molar-refractivity contribution in [2.24, 2.45) is 5.73 Å². The van der Waals surface area contributed by atoms with E-state index in [9.17, 15) is 4.79 Å². The third kappa shape index (κ3) is 4.18. The van der Waals surface area contributed by atoms with Gasteiger partial charge in [-0.15, -0.1) is 0 Å². The van der Waals surface area contributed by atoms with Crippen LogP contribution in [0.3, 0.4) is 0 Å². The van der Waals surface area contributed by atoms with Gasteiger partial charge in [-0.1, -0.05) is 0 Å². The fourth-order valence-electron chi connectivity index (χ4n) is 1.79. The maximum absolute atomic E-state index is 11.9. The lowest BCUT2D eigenvalue weighted by Gasteiger charge is -2.33. The van der Waals surface area contributed by atoms with Crippen LogP contribution in [0.2, 0.25) is 0 Å². The fraction of sp³-hybridized carbons (Fsp3) is 0.909. The van der Waals surface area contributed by atoms with E-state index >= 15 is 0 Å². The standard InChI is InChI=1S/C11H22N2O2/c1-11(2,12)8-10(14)13(3)9-4-6-15-7-5-9/h9H,4-8,12H2,1-3H3. The minimum Gasteiger partial charge on any atom is -0.381 e. The highest BCUT2D eigenvalue weighted by atomic mass is 16.5. The van der Waals surface area contributed by atoms with E-state index < -0.39 is 5.54 Å². The third-order valence-corrected chi connectivity index (χ3v) is 2.74. The second-order valence-corrected chi connectivity index (χ2v) is 5.01. The SMILES string of the molecule is CN(C(=O)CC(C)(C)N)C1CCOCC1. The molecule has 1 saturated heterocycles. The van der Waals surface area contributed by atoms with Crippen LogP contribution in [0.15, 0.2) is 0 Å². The third-order valence-electron chi connectivity index (χ3n) is 2.74. The van der Waals surface area contributed by atoms with Gasteiger partial charge >= 0.3 is 0 Å². The van der Waals surface area contributed by atoms with Crippen LogP contribution in [0.5, 0.6) is 0 Å². The summed E-state index contributed by atoms with van der Waals surface area (Å²) in [4.78, 5) is 13.7. The van der Waals surface area contributed by atoms with Gasteiger partial charge in [0.1, 0.15) is 0 Å². The number of nitrogens with zero attached hydrogens (tertiary/aromatic N) is 1. The van der Waals surface area contributed by atoms with Crippen LogP contribution in [0.25, 0.3) is 0 Å². The van der Waals surface area contributed by atoms with Crippen molar-refractivity contribution >= 4 is 5.91 Å². The average molecular weight is 214 g/mol. The van der Waals surface area contributed by atoms with Gasteiger partial charge in [-0.2, -0.15) is 0 Å². The smallest absolute Gasteiger partial charge is 0.224 e. The second kappa shape index (κ2) is 4.94. The summed E-state index contributed by atoms with van der Waals surface area (Å²) in [5.74, 6) is 0.134. The van der Waals surface area contributed by atoms with Crippen molar-refractivity contribution in [3.05, 3.63) is 0 Å². The Labute approximate surface area is 91.8 Å². The predicted molar refractivity (Wildman–Crippen MR) is 59.5 cm³/mol. The van der Waals surface area contributed by atoms with Crippen molar-refractivity contribution in [1.29, 1.82) is 0 Å². The molecule has 4 heteroatoms. The van der Waals surface area contributed by atoms with Gasteiger partial charge in [-0.05, 0) is 26.7 Å². The van der Waals surface area contributed by atoms with E-state index in [1.54, 1.807) is 0 Å². The minimum atomic E-state index is -0.420. The zero-order valence-corrected chi connectivity index (χ0v) is 9.95. The Morgan fingerprint density at radius 2 is 2.00 bits per heavy atom. The lowest BCUT2D eigenvalue weighted by molar-refractivity contribution is -0.134. The molecule has 1 amide bonds. The Balaban J connectivity index is 2.44. The maximum atomic E-state index is 11.9. The van der Waals surface area contributed by atoms with Crippen molar-refractivity contribution in [3.63, 3.8) is 0 Å². The molecule has 0 aromatic carbocycles. The first-order valence-electron chi connectivity index (χ1n) is 5.52. The Kier molecular flexibility index (Phi) is 4.11. The first kappa shape index (κ1) is 12.5. The topological polar surface area (TPSA) is 55.6 Å². The van der Waals surface area contributed by atoms with Crippen LogP contribution in [0.4, 0.5) is 0 Å². The summed E-state index contributed by atoms with van der Waals surface area (Å²) in [6, 6.07) is 0.327. The molecule has 0 aromatic rings. The first-order valence-corrected chi connectivity index (χ1v) is 5.52. The summed E-state index contributed by atoms with van der Waals surface area (Å²) in [5, 5.41) is 0. The van der Waals surface area contributed by atoms with Crippen LogP contribution in [0, 0.1) is 0 Å². The Morgan fingerprint density at radius 3 is 2.47 bits per heavy atom. The van der Waals surface area contributed by atoms with E-state index in [0.717, 1.165) is 26.1 Å². The zero-order chi connectivity index (χ0) is 11.5. The van der Waals surface area contributed by atoms with E-state index in [1.807, 2.05) is 25.8 Å². The second-order valence-electron chi connectivity index (χ2n) is 5.01. The molecule has 0 spiro atoms. The molecule has 0 bridgehead atoms. The largest absolute Gasteiger partial charge is 0.381 e. The molecule has 1 aliphatic rings. The number of nitrogens with two attached hydrogens (primary N) is 1. The van der Waals surface area contributed by atoms with Crippen LogP contribution >= 0.6 is 0 Å². The molecule has 1 rings (SSSR count). The Hall–Kier alpha value is -0.610. The van der Waals surface area contributed by atoms with Crippen LogP contribution in [-0.4, -0.2) is 42.6 Å². The highest BCUT2D eigenvalue weighted by molar-refractivity contribution is 5.77. The average Bonchev–Trinajstić information content (AvgIpc) is 2.15. The summed E-state index contributed by atoms with van der Waals surface area (Å²) in [6.07, 6.45) is 2.28. The lowest BCUT2D eigenvalue weighted by atomic mass is 10.00. The fourth-order valence-corrected chi connectivity index (χ4v) is 1.79. The number of ether oxygens (including phenoxy) is 1. The quantitative estimate of drug-likeness (QED) is 0.754. The molecule has 0 radical (unpaired) electrons. The first-order chi connectivity index (χ1) is 6.90. The maximum Gasteiger partial charge on any atom is 0.224 e. The van der Waals surface area contributed by atoms with Crippen molar-refractivity contribution < 1.29 is 9.53 Å². The predicted octanol–water partition coefficient (Wildman–Crippen LogP) is 0.751. The number of amides is 1. The highest BCUT2D eigenvalue weighted by Gasteiger charge is 2.25. The summed E-state index contributed by atoms with van der Waals surface area (Å²) in [6.45, 7) is 5.27. The van der Waals surface area contributed by atoms with E-state index in [2.05, 4.69) is 0 Å². The minimum absolute atomic E-state index is 0.134. The molecular weight excluding hydrogens is 192 g/mol. The normalized spacial score (nSPS) is 18.9. The summed E-state index contributed by atoms with van der Waals surface area (Å²) >= 11 is 0. The molecule has 4 nitrogen and oxygen atoms in total. The van der Waals surface area contributed by atoms with Crippen molar-refractivity contribution in [2.45, 2.75) is 44.7 Å². The number of carbonyl (C=O) groups is 1. The molecule has 0 saturated carbocycles. The molecule has 1 aliphatic heterocycles. The zero-order valence-electron chi connectivity index (χ0n) is 9.95. The number of hydrogen-bond donors (Lipinski definition) is 1. The highest BCUT2D eigenvalue weighted by Crippen LogP contribution is 2.15. The molecule has 88 valence electrons. The van der Waals surface area contributed by atoms with Gasteiger partial charge in [0.15, 0.2) is 0 Å². The molecule has 0 aliphatic carbocycles. The number of hydrogen-bond acceptors (Lipinski definition) is 3. The van der Waals surface area contributed by atoms with Gasteiger partial charge in [0.2, 0.25) is 5.91 Å². The van der Waals surface area contributed by atoms with Gasteiger partial charge in [-0.3, -0.25) is 4.79 Å². The van der Waals surface area contributed by atoms with Gasteiger partial charge in [0, 0.05) is 38.3 Å². The molecule has 1 fully saturated rings. The molecule has 0 unspecified atom stereocenters. The van der Waals surface area contributed by atoms with Gasteiger partial charge in [0.05, 0.1) is 0 Å². The van der Waals surface area contributed by atoms with Gasteiger partial charge in [0.25, 0.3) is 0 Å². The van der Waals surface area contributed by atoms with Gasteiger partial charge in [-0.25, -0.2) is 0 Å². The molecule has 15 heavy (non-hydrogen) atoms. The number of carbonyl (C=O) groups excluding carboxylic acids is 1. The Bertz CT molecular complexity index is 217. The van der Waals surface area contributed by atoms with E-state index in [-0.39, 0.29) is 5.91 Å². The van der Waals surface area contributed by atoms with Crippen LogP contribution in [0.1, 0.15) is 33.1 Å². The summed E-state index contributed by atoms with van der Waals surface area (Å²) < 4.78 is 5.27. The summed E-state index contributed by atoms with van der Waals surface area (Å²) in [5.41, 5.74) is 5.41. The molecule has 1 heterocycles. The molecule has 0 atom stereocenters. The summed E-state index contributed by atoms with van der Waals surface area (Å²) in [7, 11) is 1.87. The number of rotatable bonds is 3. The van der Waals surface area contributed by atoms with E-state index in [0.29, 0.717) is 12.5 Å². The van der Waals surface area contributed by atoms with E-state index in [1.165, 1.54) is 0 Å². The monoisotopic (exact) mass is 214 g/mol.